The molecular formula is C9H9Br2FO2. The van der Waals surface area contributed by atoms with Crippen LogP contribution in [0.5, 0.6) is 5.75 Å². The van der Waals surface area contributed by atoms with Gasteiger partial charge in [-0.15, -0.1) is 0 Å². The first-order chi connectivity index (χ1) is 6.63. The molecule has 5 heteroatoms. The van der Waals surface area contributed by atoms with Crippen molar-refractivity contribution in [2.24, 2.45) is 0 Å². The zero-order valence-corrected chi connectivity index (χ0v) is 10.4. The third-order valence-corrected chi connectivity index (χ3v) is 2.74. The Bertz CT molecular complexity index is 307. The number of hydrogen-bond acceptors (Lipinski definition) is 2. The van der Waals surface area contributed by atoms with Gasteiger partial charge in [-0.05, 0) is 18.2 Å². The summed E-state index contributed by atoms with van der Waals surface area (Å²) in [6, 6.07) is 4.42. The lowest BCUT2D eigenvalue weighted by Gasteiger charge is -2.10. The maximum atomic E-state index is 13.1. The molecule has 0 bridgehead atoms. The highest BCUT2D eigenvalue weighted by Gasteiger charge is 2.07. The van der Waals surface area contributed by atoms with Crippen molar-refractivity contribution in [2.45, 2.75) is 6.10 Å². The molecule has 0 radical (unpaired) electrons. The van der Waals surface area contributed by atoms with E-state index in [1.54, 1.807) is 6.07 Å². The van der Waals surface area contributed by atoms with E-state index < -0.39 is 11.9 Å². The predicted molar refractivity (Wildman–Crippen MR) is 59.4 cm³/mol. The topological polar surface area (TPSA) is 29.5 Å². The van der Waals surface area contributed by atoms with Gasteiger partial charge in [-0.25, -0.2) is 4.39 Å². The van der Waals surface area contributed by atoms with Crippen molar-refractivity contribution in [3.63, 3.8) is 0 Å². The van der Waals surface area contributed by atoms with Gasteiger partial charge in [-0.3, -0.25) is 0 Å². The molecule has 0 saturated heterocycles. The standard InChI is InChI=1S/C9H9Br2FO2/c10-4-7(13)5-14-9-3-6(11)1-2-8(9)12/h1-3,7,13H,4-5H2. The monoisotopic (exact) mass is 326 g/mol. The summed E-state index contributed by atoms with van der Waals surface area (Å²) < 4.78 is 18.9. The first kappa shape index (κ1) is 11.9. The minimum Gasteiger partial charge on any atom is -0.488 e. The van der Waals surface area contributed by atoms with Crippen LogP contribution in [0.3, 0.4) is 0 Å². The van der Waals surface area contributed by atoms with Gasteiger partial charge in [0.2, 0.25) is 0 Å². The lowest BCUT2D eigenvalue weighted by Crippen LogP contribution is -2.19. The van der Waals surface area contributed by atoms with E-state index in [-0.39, 0.29) is 12.4 Å². The minimum atomic E-state index is -0.631. The molecule has 0 amide bonds. The molecular weight excluding hydrogens is 319 g/mol. The van der Waals surface area contributed by atoms with Crippen molar-refractivity contribution < 1.29 is 14.2 Å². The maximum absolute atomic E-state index is 13.1. The molecule has 1 unspecified atom stereocenters. The molecule has 0 aliphatic heterocycles. The zero-order chi connectivity index (χ0) is 10.6. The van der Waals surface area contributed by atoms with Gasteiger partial charge in [0.1, 0.15) is 6.61 Å². The van der Waals surface area contributed by atoms with Crippen molar-refractivity contribution in [3.8, 4) is 5.75 Å². The Hall–Kier alpha value is -0.130. The molecule has 1 N–H and O–H groups in total. The van der Waals surface area contributed by atoms with E-state index in [4.69, 9.17) is 4.74 Å². The van der Waals surface area contributed by atoms with Crippen LogP contribution >= 0.6 is 31.9 Å². The van der Waals surface area contributed by atoms with Gasteiger partial charge in [0, 0.05) is 9.80 Å². The van der Waals surface area contributed by atoms with Crippen LogP contribution < -0.4 is 4.74 Å². The van der Waals surface area contributed by atoms with Crippen molar-refractivity contribution in [2.75, 3.05) is 11.9 Å². The van der Waals surface area contributed by atoms with E-state index in [0.717, 1.165) is 4.47 Å². The summed E-state index contributed by atoms with van der Waals surface area (Å²) >= 11 is 6.29. The molecule has 0 aliphatic rings. The van der Waals surface area contributed by atoms with Gasteiger partial charge >= 0.3 is 0 Å². The van der Waals surface area contributed by atoms with Crippen LogP contribution in [0.15, 0.2) is 22.7 Å². The highest BCUT2D eigenvalue weighted by molar-refractivity contribution is 9.10. The molecule has 0 fully saturated rings. The zero-order valence-electron chi connectivity index (χ0n) is 7.21. The second kappa shape index (κ2) is 5.68. The minimum absolute atomic E-state index is 0.0681. The molecule has 0 spiro atoms. The lowest BCUT2D eigenvalue weighted by atomic mass is 10.3. The average molecular weight is 328 g/mol. The normalized spacial score (nSPS) is 12.6. The second-order valence-corrected chi connectivity index (χ2v) is 4.26. The molecule has 78 valence electrons. The molecule has 0 aromatic heterocycles. The highest BCUT2D eigenvalue weighted by atomic mass is 79.9. The molecule has 2 nitrogen and oxygen atoms in total. The Labute approximate surface area is 98.3 Å². The summed E-state index contributed by atoms with van der Waals surface area (Å²) in [7, 11) is 0. The number of rotatable bonds is 4. The van der Waals surface area contributed by atoms with Gasteiger partial charge in [-0.1, -0.05) is 31.9 Å². The Morgan fingerprint density at radius 1 is 1.50 bits per heavy atom. The van der Waals surface area contributed by atoms with Crippen LogP contribution in [0.4, 0.5) is 4.39 Å². The molecule has 14 heavy (non-hydrogen) atoms. The van der Waals surface area contributed by atoms with Crippen LogP contribution in [0, 0.1) is 5.82 Å². The number of ether oxygens (including phenoxy) is 1. The smallest absolute Gasteiger partial charge is 0.165 e. The first-order valence-electron chi connectivity index (χ1n) is 3.95. The maximum Gasteiger partial charge on any atom is 0.165 e. The molecule has 1 rings (SSSR count). The van der Waals surface area contributed by atoms with Crippen LogP contribution in [0.2, 0.25) is 0 Å². The van der Waals surface area contributed by atoms with E-state index in [1.807, 2.05) is 0 Å². The summed E-state index contributed by atoms with van der Waals surface area (Å²) in [5, 5.41) is 9.58. The quantitative estimate of drug-likeness (QED) is 0.862. The van der Waals surface area contributed by atoms with E-state index in [0.29, 0.717) is 5.33 Å². The van der Waals surface area contributed by atoms with Crippen molar-refractivity contribution in [3.05, 3.63) is 28.5 Å². The van der Waals surface area contributed by atoms with Crippen molar-refractivity contribution in [1.29, 1.82) is 0 Å². The number of benzene rings is 1. The second-order valence-electron chi connectivity index (χ2n) is 2.69. The van der Waals surface area contributed by atoms with Crippen LogP contribution in [-0.2, 0) is 0 Å². The van der Waals surface area contributed by atoms with Crippen molar-refractivity contribution in [1.82, 2.24) is 0 Å². The molecule has 1 aromatic carbocycles. The predicted octanol–water partition coefficient (Wildman–Crippen LogP) is 2.72. The largest absolute Gasteiger partial charge is 0.488 e. The van der Waals surface area contributed by atoms with E-state index in [9.17, 15) is 9.50 Å². The third-order valence-electron chi connectivity index (χ3n) is 1.50. The van der Waals surface area contributed by atoms with E-state index in [2.05, 4.69) is 31.9 Å². The SMILES string of the molecule is OC(CBr)COc1cc(Br)ccc1F. The van der Waals surface area contributed by atoms with Crippen molar-refractivity contribution >= 4 is 31.9 Å². The van der Waals surface area contributed by atoms with Gasteiger partial charge < -0.3 is 9.84 Å². The number of aliphatic hydroxyl groups is 1. The van der Waals surface area contributed by atoms with Crippen LogP contribution in [0.25, 0.3) is 0 Å². The molecule has 0 aliphatic carbocycles. The summed E-state index contributed by atoms with van der Waals surface area (Å²) in [5.74, 6) is -0.297. The van der Waals surface area contributed by atoms with Gasteiger partial charge in [0.25, 0.3) is 0 Å². The summed E-state index contributed by atoms with van der Waals surface area (Å²) in [4.78, 5) is 0. The van der Waals surface area contributed by atoms with E-state index in [1.165, 1.54) is 12.1 Å². The summed E-state index contributed by atoms with van der Waals surface area (Å²) in [6.45, 7) is 0.0681. The summed E-state index contributed by atoms with van der Waals surface area (Å²) in [6.07, 6.45) is -0.631. The molecule has 1 atom stereocenters. The molecule has 0 heterocycles. The molecule has 1 aromatic rings. The Balaban J connectivity index is 2.62. The van der Waals surface area contributed by atoms with Crippen LogP contribution in [-0.4, -0.2) is 23.1 Å². The number of alkyl halides is 1. The first-order valence-corrected chi connectivity index (χ1v) is 5.87. The third kappa shape index (κ3) is 3.55. The fourth-order valence-electron chi connectivity index (χ4n) is 0.818. The van der Waals surface area contributed by atoms with Gasteiger partial charge in [0.15, 0.2) is 11.6 Å². The Morgan fingerprint density at radius 2 is 2.21 bits per heavy atom. The Morgan fingerprint density at radius 3 is 2.86 bits per heavy atom. The van der Waals surface area contributed by atoms with Gasteiger partial charge in [-0.2, -0.15) is 0 Å². The van der Waals surface area contributed by atoms with Gasteiger partial charge in [0.05, 0.1) is 6.10 Å². The average Bonchev–Trinajstić information content (AvgIpc) is 2.19. The highest BCUT2D eigenvalue weighted by Crippen LogP contribution is 2.22. The lowest BCUT2D eigenvalue weighted by molar-refractivity contribution is 0.124. The fraction of sp³-hybridized carbons (Fsp3) is 0.333. The van der Waals surface area contributed by atoms with E-state index >= 15 is 0 Å². The van der Waals surface area contributed by atoms with Crippen LogP contribution in [0.1, 0.15) is 0 Å². The fourth-order valence-corrected chi connectivity index (χ4v) is 1.35. The number of halogens is 3. The summed E-state index contributed by atoms with van der Waals surface area (Å²) in [5.41, 5.74) is 0. The molecule has 0 saturated carbocycles. The number of aliphatic hydroxyl groups excluding tert-OH is 1. The number of hydrogen-bond donors (Lipinski definition) is 1. The Kier molecular flexibility index (Phi) is 4.84.